The van der Waals surface area contributed by atoms with E-state index in [1.54, 1.807) is 0 Å². The molecular formula is C12H19N3. The molecule has 1 aliphatic heterocycles. The Morgan fingerprint density at radius 2 is 2.20 bits per heavy atom. The van der Waals surface area contributed by atoms with Crippen LogP contribution in [0.15, 0.2) is 6.33 Å². The largest absolute Gasteiger partial charge is 0.328 e. The lowest BCUT2D eigenvalue weighted by Gasteiger charge is -2.29. The standard InChI is InChI=1S/C12H19N3/c1-12(5-2-3-6-12)15-9-14-10-8-13-7-4-11(10)15/h9,13H,2-8H2,1H3. The van der Waals surface area contributed by atoms with Gasteiger partial charge in [0.2, 0.25) is 0 Å². The number of nitrogens with zero attached hydrogens (tertiary/aromatic N) is 2. The van der Waals surface area contributed by atoms with Crippen LogP contribution in [0, 0.1) is 0 Å². The maximum absolute atomic E-state index is 4.55. The molecule has 1 aromatic heterocycles. The maximum Gasteiger partial charge on any atom is 0.0957 e. The van der Waals surface area contributed by atoms with Gasteiger partial charge in [-0.25, -0.2) is 4.98 Å². The monoisotopic (exact) mass is 205 g/mol. The van der Waals surface area contributed by atoms with Gasteiger partial charge in [-0.1, -0.05) is 12.8 Å². The lowest BCUT2D eigenvalue weighted by Crippen LogP contribution is -2.31. The predicted octanol–water partition coefficient (Wildman–Crippen LogP) is 1.82. The number of hydrogen-bond donors (Lipinski definition) is 1. The lowest BCUT2D eigenvalue weighted by molar-refractivity contribution is 0.317. The normalized spacial score (nSPS) is 24.1. The molecule has 0 radical (unpaired) electrons. The van der Waals surface area contributed by atoms with E-state index in [1.807, 2.05) is 0 Å². The predicted molar refractivity (Wildman–Crippen MR) is 59.8 cm³/mol. The third-order valence-corrected chi connectivity index (χ3v) is 4.05. The summed E-state index contributed by atoms with van der Waals surface area (Å²) < 4.78 is 2.47. The second-order valence-electron chi connectivity index (χ2n) is 5.14. The molecule has 0 unspecified atom stereocenters. The molecule has 1 saturated carbocycles. The fourth-order valence-electron chi connectivity index (χ4n) is 3.08. The third-order valence-electron chi connectivity index (χ3n) is 4.05. The van der Waals surface area contributed by atoms with Crippen molar-refractivity contribution in [1.82, 2.24) is 14.9 Å². The number of rotatable bonds is 1. The molecule has 15 heavy (non-hydrogen) atoms. The number of nitrogens with one attached hydrogen (secondary N) is 1. The van der Waals surface area contributed by atoms with Gasteiger partial charge in [0.15, 0.2) is 0 Å². The summed E-state index contributed by atoms with van der Waals surface area (Å²) in [5.74, 6) is 0. The number of aromatic nitrogens is 2. The smallest absolute Gasteiger partial charge is 0.0957 e. The zero-order valence-corrected chi connectivity index (χ0v) is 9.42. The van der Waals surface area contributed by atoms with Crippen molar-refractivity contribution in [3.63, 3.8) is 0 Å². The molecule has 82 valence electrons. The average Bonchev–Trinajstić information content (AvgIpc) is 2.84. The van der Waals surface area contributed by atoms with Crippen molar-refractivity contribution in [2.75, 3.05) is 6.54 Å². The van der Waals surface area contributed by atoms with Gasteiger partial charge < -0.3 is 9.88 Å². The summed E-state index contributed by atoms with van der Waals surface area (Å²) in [6.45, 7) is 4.46. The molecule has 1 aromatic rings. The lowest BCUT2D eigenvalue weighted by atomic mass is 9.99. The Bertz CT molecular complexity index is 361. The van der Waals surface area contributed by atoms with Gasteiger partial charge in [0.1, 0.15) is 0 Å². The molecule has 0 amide bonds. The molecule has 3 nitrogen and oxygen atoms in total. The third kappa shape index (κ3) is 1.41. The molecular weight excluding hydrogens is 186 g/mol. The van der Waals surface area contributed by atoms with Crippen molar-refractivity contribution in [2.24, 2.45) is 0 Å². The molecule has 1 aliphatic carbocycles. The van der Waals surface area contributed by atoms with Gasteiger partial charge in [-0.2, -0.15) is 0 Å². The second kappa shape index (κ2) is 3.34. The average molecular weight is 205 g/mol. The van der Waals surface area contributed by atoms with E-state index in [1.165, 1.54) is 37.1 Å². The highest BCUT2D eigenvalue weighted by Gasteiger charge is 2.33. The van der Waals surface area contributed by atoms with Crippen molar-refractivity contribution in [1.29, 1.82) is 0 Å². The minimum absolute atomic E-state index is 0.359. The van der Waals surface area contributed by atoms with E-state index < -0.39 is 0 Å². The number of imidazole rings is 1. The molecule has 3 rings (SSSR count). The van der Waals surface area contributed by atoms with Gasteiger partial charge in [-0.15, -0.1) is 0 Å². The highest BCUT2D eigenvalue weighted by atomic mass is 15.1. The quantitative estimate of drug-likeness (QED) is 0.758. The van der Waals surface area contributed by atoms with Gasteiger partial charge in [-0.05, 0) is 19.8 Å². The zero-order valence-electron chi connectivity index (χ0n) is 9.42. The van der Waals surface area contributed by atoms with Crippen molar-refractivity contribution in [3.05, 3.63) is 17.7 Å². The van der Waals surface area contributed by atoms with E-state index in [2.05, 4.69) is 28.1 Å². The van der Waals surface area contributed by atoms with Gasteiger partial charge in [0.05, 0.1) is 12.0 Å². The minimum atomic E-state index is 0.359. The van der Waals surface area contributed by atoms with E-state index >= 15 is 0 Å². The van der Waals surface area contributed by atoms with Gasteiger partial charge in [0.25, 0.3) is 0 Å². The molecule has 2 heterocycles. The molecule has 1 fully saturated rings. The van der Waals surface area contributed by atoms with Gasteiger partial charge >= 0.3 is 0 Å². The van der Waals surface area contributed by atoms with Crippen LogP contribution in [0.3, 0.4) is 0 Å². The van der Waals surface area contributed by atoms with Gasteiger partial charge in [-0.3, -0.25) is 0 Å². The number of fused-ring (bicyclic) bond motifs is 1. The van der Waals surface area contributed by atoms with E-state index in [0.29, 0.717) is 5.54 Å². The Kier molecular flexibility index (Phi) is 2.09. The highest BCUT2D eigenvalue weighted by molar-refractivity contribution is 5.18. The highest BCUT2D eigenvalue weighted by Crippen LogP contribution is 2.37. The molecule has 0 bridgehead atoms. The molecule has 0 spiro atoms. The van der Waals surface area contributed by atoms with Gasteiger partial charge in [0, 0.05) is 30.7 Å². The van der Waals surface area contributed by atoms with E-state index in [0.717, 1.165) is 19.5 Å². The molecule has 0 aromatic carbocycles. The Morgan fingerprint density at radius 3 is 3.00 bits per heavy atom. The topological polar surface area (TPSA) is 29.9 Å². The summed E-state index contributed by atoms with van der Waals surface area (Å²) in [6.07, 6.45) is 8.61. The van der Waals surface area contributed by atoms with E-state index in [9.17, 15) is 0 Å². The van der Waals surface area contributed by atoms with Crippen LogP contribution in [0.2, 0.25) is 0 Å². The van der Waals surface area contributed by atoms with Crippen molar-refractivity contribution >= 4 is 0 Å². The van der Waals surface area contributed by atoms with Crippen LogP contribution in [0.4, 0.5) is 0 Å². The van der Waals surface area contributed by atoms with Crippen LogP contribution < -0.4 is 5.32 Å². The summed E-state index contributed by atoms with van der Waals surface area (Å²) in [7, 11) is 0. The Hall–Kier alpha value is -0.830. The first-order valence-corrected chi connectivity index (χ1v) is 6.06. The first-order chi connectivity index (χ1) is 7.30. The minimum Gasteiger partial charge on any atom is -0.328 e. The van der Waals surface area contributed by atoms with Crippen molar-refractivity contribution in [2.45, 2.75) is 51.1 Å². The van der Waals surface area contributed by atoms with Crippen LogP contribution in [0.1, 0.15) is 44.0 Å². The molecule has 0 saturated heterocycles. The summed E-state index contributed by atoms with van der Waals surface area (Å²) in [6, 6.07) is 0. The molecule has 1 N–H and O–H groups in total. The molecule has 2 aliphatic rings. The number of hydrogen-bond acceptors (Lipinski definition) is 2. The van der Waals surface area contributed by atoms with Crippen LogP contribution >= 0.6 is 0 Å². The Balaban J connectivity index is 2.00. The first kappa shape index (κ1) is 9.40. The fraction of sp³-hybridized carbons (Fsp3) is 0.750. The second-order valence-corrected chi connectivity index (χ2v) is 5.14. The van der Waals surface area contributed by atoms with E-state index in [4.69, 9.17) is 0 Å². The Morgan fingerprint density at radius 1 is 1.40 bits per heavy atom. The van der Waals surface area contributed by atoms with Crippen molar-refractivity contribution < 1.29 is 0 Å². The summed E-state index contributed by atoms with van der Waals surface area (Å²) in [5, 5.41) is 3.38. The summed E-state index contributed by atoms with van der Waals surface area (Å²) >= 11 is 0. The molecule has 3 heteroatoms. The fourth-order valence-corrected chi connectivity index (χ4v) is 3.08. The summed E-state index contributed by atoms with van der Waals surface area (Å²) in [5.41, 5.74) is 3.12. The maximum atomic E-state index is 4.55. The summed E-state index contributed by atoms with van der Waals surface area (Å²) in [4.78, 5) is 4.55. The zero-order chi connectivity index (χ0) is 10.3. The van der Waals surface area contributed by atoms with E-state index in [-0.39, 0.29) is 0 Å². The Labute approximate surface area is 90.9 Å². The first-order valence-electron chi connectivity index (χ1n) is 6.06. The van der Waals surface area contributed by atoms with Crippen LogP contribution in [-0.4, -0.2) is 16.1 Å². The molecule has 0 atom stereocenters. The van der Waals surface area contributed by atoms with Crippen LogP contribution in [0.25, 0.3) is 0 Å². The van der Waals surface area contributed by atoms with Crippen LogP contribution in [-0.2, 0) is 18.5 Å². The van der Waals surface area contributed by atoms with Crippen molar-refractivity contribution in [3.8, 4) is 0 Å². The van der Waals surface area contributed by atoms with Crippen LogP contribution in [0.5, 0.6) is 0 Å². The SMILES string of the molecule is CC1(n2cnc3c2CCNC3)CCCC1.